The van der Waals surface area contributed by atoms with Crippen LogP contribution in [0.1, 0.15) is 65.4 Å². The van der Waals surface area contributed by atoms with Crippen molar-refractivity contribution in [3.8, 4) is 11.5 Å². The smallest absolute Gasteiger partial charge is 0.123 e. The van der Waals surface area contributed by atoms with Crippen molar-refractivity contribution in [1.29, 1.82) is 0 Å². The van der Waals surface area contributed by atoms with E-state index < -0.39 is 0 Å². The summed E-state index contributed by atoms with van der Waals surface area (Å²) in [5, 5.41) is 0. The van der Waals surface area contributed by atoms with Gasteiger partial charge >= 0.3 is 0 Å². The molecule has 24 heavy (non-hydrogen) atoms. The van der Waals surface area contributed by atoms with E-state index in [9.17, 15) is 0 Å². The van der Waals surface area contributed by atoms with Crippen LogP contribution >= 0.6 is 0 Å². The summed E-state index contributed by atoms with van der Waals surface area (Å²) in [5.74, 6) is 3.41. The predicted octanol–water partition coefficient (Wildman–Crippen LogP) is 5.63. The van der Waals surface area contributed by atoms with Crippen LogP contribution in [0.2, 0.25) is 0 Å². The monoisotopic (exact) mass is 328 g/mol. The first-order valence-corrected chi connectivity index (χ1v) is 9.68. The maximum atomic E-state index is 6.98. The van der Waals surface area contributed by atoms with Crippen molar-refractivity contribution >= 4 is 0 Å². The minimum absolute atomic E-state index is 0.00794. The van der Waals surface area contributed by atoms with Crippen molar-refractivity contribution < 1.29 is 9.47 Å². The van der Waals surface area contributed by atoms with Gasteiger partial charge in [-0.25, -0.2) is 0 Å². The second kappa shape index (κ2) is 5.16. The van der Waals surface area contributed by atoms with Gasteiger partial charge in [0.1, 0.15) is 17.1 Å². The fourth-order valence-electron chi connectivity index (χ4n) is 6.32. The Bertz CT molecular complexity index is 649. The van der Waals surface area contributed by atoms with E-state index in [0.29, 0.717) is 17.3 Å². The van der Waals surface area contributed by atoms with Crippen LogP contribution in [0.5, 0.6) is 11.5 Å². The lowest BCUT2D eigenvalue weighted by Gasteiger charge is -2.66. The molecule has 1 heterocycles. The van der Waals surface area contributed by atoms with Crippen LogP contribution in [0, 0.1) is 22.7 Å². The predicted molar refractivity (Wildman–Crippen MR) is 97.7 cm³/mol. The minimum Gasteiger partial charge on any atom is -0.497 e. The Labute approximate surface area is 146 Å². The second-order valence-electron chi connectivity index (χ2n) is 9.43. The summed E-state index contributed by atoms with van der Waals surface area (Å²) < 4.78 is 12.4. The van der Waals surface area contributed by atoms with Crippen LogP contribution in [-0.2, 0) is 6.42 Å². The van der Waals surface area contributed by atoms with E-state index in [4.69, 9.17) is 9.47 Å². The fraction of sp³-hybridized carbons (Fsp3) is 0.727. The van der Waals surface area contributed by atoms with E-state index in [2.05, 4.69) is 39.8 Å². The molecule has 2 aliphatic carbocycles. The zero-order valence-corrected chi connectivity index (χ0v) is 15.9. The lowest BCUT2D eigenvalue weighted by molar-refractivity contribution is -0.210. The molecule has 0 amide bonds. The molecule has 1 spiro atoms. The van der Waals surface area contributed by atoms with Crippen molar-refractivity contribution in [1.82, 2.24) is 0 Å². The topological polar surface area (TPSA) is 18.5 Å². The Morgan fingerprint density at radius 3 is 2.67 bits per heavy atom. The highest BCUT2D eigenvalue weighted by Crippen LogP contribution is 2.65. The molecule has 1 aromatic rings. The van der Waals surface area contributed by atoms with Crippen LogP contribution in [0.15, 0.2) is 18.2 Å². The maximum absolute atomic E-state index is 6.98. The van der Waals surface area contributed by atoms with Gasteiger partial charge in [0.25, 0.3) is 0 Å². The Morgan fingerprint density at radius 1 is 1.12 bits per heavy atom. The number of hydrogen-bond donors (Lipinski definition) is 0. The molecule has 2 nitrogen and oxygen atoms in total. The molecular weight excluding hydrogens is 296 g/mol. The molecule has 1 aromatic carbocycles. The quantitative estimate of drug-likeness (QED) is 0.665. The van der Waals surface area contributed by atoms with Gasteiger partial charge in [0.05, 0.1) is 7.11 Å². The normalized spacial score (nSPS) is 39.9. The molecule has 0 aromatic heterocycles. The zero-order chi connectivity index (χ0) is 17.2. The van der Waals surface area contributed by atoms with E-state index in [0.717, 1.165) is 17.9 Å². The standard InChI is InChI=1S/C22H32O2/c1-15-7-10-19-20(2,3)11-6-12-22(19)21(15,4)14-16-13-17(23-5)8-9-18(16)24-22/h8-9,13,15,19H,6-7,10-12,14H2,1-5H3/t15-,19-,21+,22?/m0/s1. The summed E-state index contributed by atoms with van der Waals surface area (Å²) in [7, 11) is 1.75. The minimum atomic E-state index is 0.00794. The molecule has 2 saturated carbocycles. The zero-order valence-electron chi connectivity index (χ0n) is 15.9. The molecule has 0 N–H and O–H groups in total. The van der Waals surface area contributed by atoms with Crippen LogP contribution in [0.4, 0.5) is 0 Å². The first kappa shape index (κ1) is 16.3. The molecule has 2 fully saturated rings. The van der Waals surface area contributed by atoms with Gasteiger partial charge in [-0.1, -0.05) is 27.7 Å². The Kier molecular flexibility index (Phi) is 3.50. The van der Waals surface area contributed by atoms with Crippen LogP contribution in [-0.4, -0.2) is 12.7 Å². The highest BCUT2D eigenvalue weighted by atomic mass is 16.5. The SMILES string of the molecule is COc1ccc2c(c1)C[C@]1(C)[C@@H](C)CC[C@H]3C(C)(C)CCCC31O2. The molecule has 132 valence electrons. The molecule has 4 rings (SSSR count). The van der Waals surface area contributed by atoms with E-state index in [1.165, 1.54) is 37.7 Å². The third-order valence-electron chi connectivity index (χ3n) is 7.94. The fourth-order valence-corrected chi connectivity index (χ4v) is 6.32. The van der Waals surface area contributed by atoms with Crippen molar-refractivity contribution in [3.05, 3.63) is 23.8 Å². The largest absolute Gasteiger partial charge is 0.497 e. The summed E-state index contributed by atoms with van der Waals surface area (Å²) in [5.41, 5.74) is 1.93. The Morgan fingerprint density at radius 2 is 1.92 bits per heavy atom. The lowest BCUT2D eigenvalue weighted by Crippen LogP contribution is -2.68. The Balaban J connectivity index is 1.85. The third kappa shape index (κ3) is 2.01. The molecule has 0 radical (unpaired) electrons. The molecule has 0 saturated heterocycles. The third-order valence-corrected chi connectivity index (χ3v) is 7.94. The molecule has 2 heteroatoms. The lowest BCUT2D eigenvalue weighted by atomic mass is 9.44. The van der Waals surface area contributed by atoms with Crippen molar-refractivity contribution in [2.75, 3.05) is 7.11 Å². The summed E-state index contributed by atoms with van der Waals surface area (Å²) in [6.07, 6.45) is 7.60. The molecule has 1 aliphatic heterocycles. The molecule has 1 unspecified atom stereocenters. The molecular formula is C22H32O2. The maximum Gasteiger partial charge on any atom is 0.123 e. The number of benzene rings is 1. The summed E-state index contributed by atoms with van der Waals surface area (Å²) in [4.78, 5) is 0. The van der Waals surface area contributed by atoms with Gasteiger partial charge in [0.2, 0.25) is 0 Å². The number of fused-ring (bicyclic) bond motifs is 1. The van der Waals surface area contributed by atoms with Crippen LogP contribution in [0.3, 0.4) is 0 Å². The van der Waals surface area contributed by atoms with Crippen molar-refractivity contribution in [2.45, 2.75) is 71.8 Å². The van der Waals surface area contributed by atoms with Gasteiger partial charge in [0.15, 0.2) is 0 Å². The van der Waals surface area contributed by atoms with E-state index in [-0.39, 0.29) is 11.0 Å². The van der Waals surface area contributed by atoms with Gasteiger partial charge < -0.3 is 9.47 Å². The van der Waals surface area contributed by atoms with Crippen molar-refractivity contribution in [2.24, 2.45) is 22.7 Å². The van der Waals surface area contributed by atoms with E-state index >= 15 is 0 Å². The molecule has 0 bridgehead atoms. The Hall–Kier alpha value is -1.18. The summed E-state index contributed by atoms with van der Waals surface area (Å²) >= 11 is 0. The van der Waals surface area contributed by atoms with Gasteiger partial charge in [-0.3, -0.25) is 0 Å². The average Bonchev–Trinajstić information content (AvgIpc) is 2.53. The number of rotatable bonds is 1. The van der Waals surface area contributed by atoms with Gasteiger partial charge in [-0.15, -0.1) is 0 Å². The average molecular weight is 328 g/mol. The highest BCUT2D eigenvalue weighted by molar-refractivity contribution is 5.44. The first-order chi connectivity index (χ1) is 11.3. The first-order valence-electron chi connectivity index (χ1n) is 9.68. The van der Waals surface area contributed by atoms with Gasteiger partial charge in [-0.05, 0) is 73.6 Å². The van der Waals surface area contributed by atoms with E-state index in [1.807, 2.05) is 6.07 Å². The van der Waals surface area contributed by atoms with Gasteiger partial charge in [-0.2, -0.15) is 0 Å². The van der Waals surface area contributed by atoms with Crippen LogP contribution in [0.25, 0.3) is 0 Å². The van der Waals surface area contributed by atoms with Crippen molar-refractivity contribution in [3.63, 3.8) is 0 Å². The van der Waals surface area contributed by atoms with Gasteiger partial charge in [0, 0.05) is 11.3 Å². The van der Waals surface area contributed by atoms with Crippen LogP contribution < -0.4 is 9.47 Å². The molecule has 3 aliphatic rings. The van der Waals surface area contributed by atoms with E-state index in [1.54, 1.807) is 7.11 Å². The number of hydrogen-bond acceptors (Lipinski definition) is 2. The number of methoxy groups -OCH3 is 1. The number of ether oxygens (including phenoxy) is 2. The summed E-state index contributed by atoms with van der Waals surface area (Å²) in [6.45, 7) is 9.91. The summed E-state index contributed by atoms with van der Waals surface area (Å²) in [6, 6.07) is 6.38. The molecule has 4 atom stereocenters. The second-order valence-corrected chi connectivity index (χ2v) is 9.43. The highest BCUT2D eigenvalue weighted by Gasteiger charge is 2.65.